The van der Waals surface area contributed by atoms with Gasteiger partial charge in [0.15, 0.2) is 11.6 Å². The molecule has 0 aliphatic carbocycles. The average Bonchev–Trinajstić information content (AvgIpc) is 2.68. The highest BCUT2D eigenvalue weighted by molar-refractivity contribution is 5.91. The van der Waals surface area contributed by atoms with Gasteiger partial charge in [-0.15, -0.1) is 18.3 Å². The molecule has 0 radical (unpaired) electrons. The molecule has 0 saturated carbocycles. The van der Waals surface area contributed by atoms with E-state index >= 15 is 0 Å². The Morgan fingerprint density at radius 2 is 1.86 bits per heavy atom. The zero-order valence-electron chi connectivity index (χ0n) is 16.0. The van der Waals surface area contributed by atoms with Crippen molar-refractivity contribution in [3.8, 4) is 5.75 Å². The van der Waals surface area contributed by atoms with Crippen LogP contribution in [0, 0.1) is 0 Å². The molecule has 156 valence electrons. The van der Waals surface area contributed by atoms with Gasteiger partial charge in [-0.1, -0.05) is 12.1 Å². The minimum Gasteiger partial charge on any atom is -0.404 e. The van der Waals surface area contributed by atoms with E-state index in [0.29, 0.717) is 32.0 Å². The average molecular weight is 410 g/mol. The number of amides is 2. The summed E-state index contributed by atoms with van der Waals surface area (Å²) >= 11 is 0. The van der Waals surface area contributed by atoms with Crippen LogP contribution in [0.5, 0.6) is 5.75 Å². The molecule has 0 spiro atoms. The van der Waals surface area contributed by atoms with Crippen molar-refractivity contribution in [1.29, 1.82) is 0 Å². The van der Waals surface area contributed by atoms with E-state index in [2.05, 4.69) is 20.3 Å². The maximum absolute atomic E-state index is 12.5. The molecule has 8 nitrogen and oxygen atoms in total. The van der Waals surface area contributed by atoms with Crippen LogP contribution >= 0.6 is 0 Å². The Morgan fingerprint density at radius 1 is 1.17 bits per heavy atom. The fourth-order valence-corrected chi connectivity index (χ4v) is 2.86. The zero-order chi connectivity index (χ0) is 21.0. The minimum absolute atomic E-state index is 0.0400. The van der Waals surface area contributed by atoms with Crippen molar-refractivity contribution in [3.05, 3.63) is 36.5 Å². The van der Waals surface area contributed by atoms with Gasteiger partial charge >= 0.3 is 12.4 Å². The SMILES string of the molecule is CN(C)c1cnnc(N2CCN(C(=O)Nc3ccccc3OC(F)(F)F)CC2)c1. The highest BCUT2D eigenvalue weighted by Gasteiger charge is 2.32. The number of rotatable bonds is 4. The molecule has 1 aliphatic heterocycles. The largest absolute Gasteiger partial charge is 0.573 e. The first-order chi connectivity index (χ1) is 13.7. The second-order valence-corrected chi connectivity index (χ2v) is 6.61. The first kappa shape index (κ1) is 20.5. The van der Waals surface area contributed by atoms with Crippen LogP contribution in [0.1, 0.15) is 0 Å². The number of alkyl halides is 3. The Hall–Kier alpha value is -3.24. The summed E-state index contributed by atoms with van der Waals surface area (Å²) in [6.45, 7) is 1.84. The lowest BCUT2D eigenvalue weighted by Gasteiger charge is -2.35. The standard InChI is InChI=1S/C18H21F3N6O2/c1-25(2)13-11-16(24-22-12-13)26-7-9-27(10-8-26)17(28)23-14-5-3-4-6-15(14)29-18(19,20)21/h3-6,11-12H,7-10H2,1-2H3,(H,23,28). The lowest BCUT2D eigenvalue weighted by molar-refractivity contribution is -0.274. The van der Waals surface area contributed by atoms with E-state index < -0.39 is 18.1 Å². The number of piperazine rings is 1. The van der Waals surface area contributed by atoms with Gasteiger partial charge in [0.2, 0.25) is 0 Å². The Labute approximate surface area is 165 Å². The minimum atomic E-state index is -4.84. The van der Waals surface area contributed by atoms with Crippen molar-refractivity contribution >= 4 is 23.2 Å². The van der Waals surface area contributed by atoms with Crippen molar-refractivity contribution in [2.75, 3.05) is 55.4 Å². The summed E-state index contributed by atoms with van der Waals surface area (Å²) < 4.78 is 41.6. The summed E-state index contributed by atoms with van der Waals surface area (Å²) in [5.74, 6) is 0.253. The molecule has 29 heavy (non-hydrogen) atoms. The Kier molecular flexibility index (Phi) is 5.95. The molecule has 1 fully saturated rings. The predicted molar refractivity (Wildman–Crippen MR) is 102 cm³/mol. The summed E-state index contributed by atoms with van der Waals surface area (Å²) in [6, 6.07) is 6.85. The van der Waals surface area contributed by atoms with Gasteiger partial charge < -0.3 is 24.8 Å². The number of nitrogens with zero attached hydrogens (tertiary/aromatic N) is 5. The number of hydrogen-bond donors (Lipinski definition) is 1. The summed E-state index contributed by atoms with van der Waals surface area (Å²) in [5.41, 5.74) is 0.873. The Balaban J connectivity index is 1.61. The number of anilines is 3. The quantitative estimate of drug-likeness (QED) is 0.836. The fourth-order valence-electron chi connectivity index (χ4n) is 2.86. The monoisotopic (exact) mass is 410 g/mol. The van der Waals surface area contributed by atoms with E-state index in [0.717, 1.165) is 11.8 Å². The molecule has 2 aromatic rings. The molecule has 0 unspecified atom stereocenters. The summed E-state index contributed by atoms with van der Waals surface area (Å²) in [4.78, 5) is 18.0. The lowest BCUT2D eigenvalue weighted by atomic mass is 10.3. The Bertz CT molecular complexity index is 853. The number of carbonyl (C=O) groups is 1. The molecular weight excluding hydrogens is 389 g/mol. The summed E-state index contributed by atoms with van der Waals surface area (Å²) in [6.07, 6.45) is -3.18. The van der Waals surface area contributed by atoms with Crippen LogP contribution in [-0.4, -0.2) is 67.8 Å². The molecule has 1 aliphatic rings. The van der Waals surface area contributed by atoms with E-state index in [4.69, 9.17) is 0 Å². The van der Waals surface area contributed by atoms with Gasteiger partial charge in [0.05, 0.1) is 17.6 Å². The van der Waals surface area contributed by atoms with E-state index in [-0.39, 0.29) is 5.69 Å². The number of aromatic nitrogens is 2. The van der Waals surface area contributed by atoms with Crippen LogP contribution < -0.4 is 19.9 Å². The predicted octanol–water partition coefficient (Wildman–Crippen LogP) is 2.80. The molecule has 0 bridgehead atoms. The van der Waals surface area contributed by atoms with Gasteiger partial charge in [-0.2, -0.15) is 5.10 Å². The topological polar surface area (TPSA) is 73.8 Å². The normalized spacial score (nSPS) is 14.5. The molecule has 2 heterocycles. The van der Waals surface area contributed by atoms with Gasteiger partial charge in [-0.25, -0.2) is 4.79 Å². The molecule has 1 aromatic carbocycles. The number of ether oxygens (including phenoxy) is 1. The van der Waals surface area contributed by atoms with E-state index in [9.17, 15) is 18.0 Å². The first-order valence-electron chi connectivity index (χ1n) is 8.88. The molecule has 1 saturated heterocycles. The third-order valence-corrected chi connectivity index (χ3v) is 4.39. The number of hydrogen-bond acceptors (Lipinski definition) is 6. The van der Waals surface area contributed by atoms with Crippen LogP contribution in [-0.2, 0) is 0 Å². The number of carbonyl (C=O) groups excluding carboxylic acids is 1. The smallest absolute Gasteiger partial charge is 0.404 e. The van der Waals surface area contributed by atoms with Gasteiger partial charge in [0, 0.05) is 46.3 Å². The van der Waals surface area contributed by atoms with Crippen molar-refractivity contribution in [2.45, 2.75) is 6.36 Å². The molecule has 3 rings (SSSR count). The first-order valence-corrected chi connectivity index (χ1v) is 8.88. The van der Waals surface area contributed by atoms with Crippen LogP contribution in [0.3, 0.4) is 0 Å². The van der Waals surface area contributed by atoms with Crippen LogP contribution in [0.15, 0.2) is 36.5 Å². The number of urea groups is 1. The van der Waals surface area contributed by atoms with Crippen molar-refractivity contribution in [1.82, 2.24) is 15.1 Å². The number of benzene rings is 1. The lowest BCUT2D eigenvalue weighted by Crippen LogP contribution is -2.50. The molecule has 0 atom stereocenters. The summed E-state index contributed by atoms with van der Waals surface area (Å²) in [7, 11) is 3.81. The van der Waals surface area contributed by atoms with Gasteiger partial charge in [0.25, 0.3) is 0 Å². The zero-order valence-corrected chi connectivity index (χ0v) is 16.0. The maximum atomic E-state index is 12.5. The molecule has 1 N–H and O–H groups in total. The molecule has 11 heteroatoms. The molecule has 2 amide bonds. The summed E-state index contributed by atoms with van der Waals surface area (Å²) in [5, 5.41) is 10.6. The van der Waals surface area contributed by atoms with E-state index in [1.165, 1.54) is 23.1 Å². The number of halogens is 3. The van der Waals surface area contributed by atoms with Crippen molar-refractivity contribution in [2.24, 2.45) is 0 Å². The highest BCUT2D eigenvalue weighted by atomic mass is 19.4. The third kappa shape index (κ3) is 5.39. The van der Waals surface area contributed by atoms with Crippen LogP contribution in [0.2, 0.25) is 0 Å². The maximum Gasteiger partial charge on any atom is 0.573 e. The van der Waals surface area contributed by atoms with Gasteiger partial charge in [0.1, 0.15) is 0 Å². The van der Waals surface area contributed by atoms with E-state index in [1.807, 2.05) is 30.0 Å². The van der Waals surface area contributed by atoms with E-state index in [1.54, 1.807) is 6.20 Å². The van der Waals surface area contributed by atoms with Gasteiger partial charge in [-0.3, -0.25) is 0 Å². The second-order valence-electron chi connectivity index (χ2n) is 6.61. The second kappa shape index (κ2) is 8.41. The number of para-hydroxylation sites is 2. The molecular formula is C18H21F3N6O2. The van der Waals surface area contributed by atoms with Crippen molar-refractivity contribution in [3.63, 3.8) is 0 Å². The fraction of sp³-hybridized carbons (Fsp3) is 0.389. The van der Waals surface area contributed by atoms with Crippen molar-refractivity contribution < 1.29 is 22.7 Å². The van der Waals surface area contributed by atoms with Crippen LogP contribution in [0.25, 0.3) is 0 Å². The molecule has 1 aromatic heterocycles. The number of nitrogens with one attached hydrogen (secondary N) is 1. The highest BCUT2D eigenvalue weighted by Crippen LogP contribution is 2.30. The van der Waals surface area contributed by atoms with Gasteiger partial charge in [-0.05, 0) is 12.1 Å². The Morgan fingerprint density at radius 3 is 2.52 bits per heavy atom. The van der Waals surface area contributed by atoms with Crippen LogP contribution in [0.4, 0.5) is 35.2 Å². The third-order valence-electron chi connectivity index (χ3n) is 4.39.